The summed E-state index contributed by atoms with van der Waals surface area (Å²) in [7, 11) is 0. The number of carbonyl (C=O) groups is 5. The summed E-state index contributed by atoms with van der Waals surface area (Å²) in [5, 5.41) is 27.9. The smallest absolute Gasteiger partial charge is 0.326 e. The Balaban J connectivity index is 2.26. The number of carboxylic acids is 1. The highest BCUT2D eigenvalue weighted by molar-refractivity contribution is 5.95. The molecule has 0 saturated carbocycles. The van der Waals surface area contributed by atoms with E-state index >= 15 is 0 Å². The molecule has 12 N–H and O–H groups in total. The average molecular weight is 562 g/mol. The number of para-hydroxylation sites is 1. The van der Waals surface area contributed by atoms with Crippen molar-refractivity contribution in [2.75, 3.05) is 6.54 Å². The van der Waals surface area contributed by atoms with Gasteiger partial charge in [0.2, 0.25) is 23.6 Å². The predicted molar refractivity (Wildman–Crippen MR) is 146 cm³/mol. The van der Waals surface area contributed by atoms with Gasteiger partial charge in [0, 0.05) is 29.9 Å². The number of aromatic amines is 1. The summed E-state index contributed by atoms with van der Waals surface area (Å²) >= 11 is 0. The van der Waals surface area contributed by atoms with Gasteiger partial charge in [0.15, 0.2) is 0 Å². The molecule has 0 bridgehead atoms. The number of aliphatic hydroxyl groups excluding tert-OH is 1. The van der Waals surface area contributed by atoms with Crippen molar-refractivity contribution < 1.29 is 34.2 Å². The summed E-state index contributed by atoms with van der Waals surface area (Å²) in [4.78, 5) is 65.0. The SMILES string of the molecule is CC(O)C(NC(=O)C(N)CCCCN)C(=O)NC(Cc1c[nH]c2ccccc12)C(=O)NC(CCC(N)=O)C(=O)O. The van der Waals surface area contributed by atoms with E-state index in [1.165, 1.54) is 6.92 Å². The number of hydrogen-bond donors (Lipinski definition) is 9. The molecule has 14 heteroatoms. The lowest BCUT2D eigenvalue weighted by atomic mass is 10.0. The first-order valence-electron chi connectivity index (χ1n) is 13.1. The van der Waals surface area contributed by atoms with Gasteiger partial charge in [-0.25, -0.2) is 4.79 Å². The minimum absolute atomic E-state index is 0.0528. The van der Waals surface area contributed by atoms with E-state index in [4.69, 9.17) is 17.2 Å². The van der Waals surface area contributed by atoms with Crippen LogP contribution in [0.4, 0.5) is 0 Å². The Morgan fingerprint density at radius 2 is 1.62 bits per heavy atom. The topological polar surface area (TPSA) is 256 Å². The maximum Gasteiger partial charge on any atom is 0.326 e. The van der Waals surface area contributed by atoms with Gasteiger partial charge in [-0.2, -0.15) is 0 Å². The molecule has 40 heavy (non-hydrogen) atoms. The number of aromatic nitrogens is 1. The number of nitrogens with one attached hydrogen (secondary N) is 4. The number of aliphatic hydroxyl groups is 1. The summed E-state index contributed by atoms with van der Waals surface area (Å²) < 4.78 is 0. The highest BCUT2D eigenvalue weighted by Crippen LogP contribution is 2.19. The molecule has 1 heterocycles. The van der Waals surface area contributed by atoms with Gasteiger partial charge in [-0.1, -0.05) is 24.6 Å². The molecule has 0 aliphatic heterocycles. The zero-order valence-corrected chi connectivity index (χ0v) is 22.4. The number of carbonyl (C=O) groups excluding carboxylic acids is 4. The van der Waals surface area contributed by atoms with Crippen molar-refractivity contribution in [3.63, 3.8) is 0 Å². The van der Waals surface area contributed by atoms with Crippen LogP contribution in [0.2, 0.25) is 0 Å². The van der Waals surface area contributed by atoms with E-state index < -0.39 is 59.9 Å². The molecule has 1 aromatic carbocycles. The molecular weight excluding hydrogens is 522 g/mol. The number of aliphatic carboxylic acids is 1. The van der Waals surface area contributed by atoms with E-state index in [2.05, 4.69) is 20.9 Å². The van der Waals surface area contributed by atoms with Gasteiger partial charge in [0.05, 0.1) is 12.1 Å². The van der Waals surface area contributed by atoms with E-state index in [9.17, 15) is 34.2 Å². The summed E-state index contributed by atoms with van der Waals surface area (Å²) in [5.41, 5.74) is 17.9. The molecule has 4 amide bonds. The lowest BCUT2D eigenvalue weighted by molar-refractivity contribution is -0.142. The van der Waals surface area contributed by atoms with Crippen molar-refractivity contribution in [2.24, 2.45) is 17.2 Å². The van der Waals surface area contributed by atoms with Crippen LogP contribution in [0.15, 0.2) is 30.5 Å². The van der Waals surface area contributed by atoms with Crippen molar-refractivity contribution in [3.8, 4) is 0 Å². The monoisotopic (exact) mass is 561 g/mol. The molecular formula is C26H39N7O7. The van der Waals surface area contributed by atoms with Gasteiger partial charge in [-0.05, 0) is 44.4 Å². The Bertz CT molecular complexity index is 1180. The van der Waals surface area contributed by atoms with Gasteiger partial charge >= 0.3 is 5.97 Å². The van der Waals surface area contributed by atoms with Crippen LogP contribution in [0.5, 0.6) is 0 Å². The number of primary amides is 1. The van der Waals surface area contributed by atoms with Crippen molar-refractivity contribution in [2.45, 2.75) is 75.7 Å². The third kappa shape index (κ3) is 9.63. The van der Waals surface area contributed by atoms with Crippen LogP contribution in [0.25, 0.3) is 10.9 Å². The molecule has 0 saturated heterocycles. The third-order valence-electron chi connectivity index (χ3n) is 6.39. The summed E-state index contributed by atoms with van der Waals surface area (Å²) in [5.74, 6) is -4.50. The van der Waals surface area contributed by atoms with Crippen LogP contribution in [0.3, 0.4) is 0 Å². The normalized spacial score (nSPS) is 14.9. The van der Waals surface area contributed by atoms with Crippen LogP contribution < -0.4 is 33.2 Å². The molecule has 0 fully saturated rings. The van der Waals surface area contributed by atoms with Crippen molar-refractivity contribution in [1.29, 1.82) is 0 Å². The molecule has 0 aliphatic carbocycles. The summed E-state index contributed by atoms with van der Waals surface area (Å²) in [6, 6.07) is 2.13. The molecule has 2 aromatic rings. The highest BCUT2D eigenvalue weighted by Gasteiger charge is 2.33. The zero-order chi connectivity index (χ0) is 29.8. The number of H-pyrrole nitrogens is 1. The van der Waals surface area contributed by atoms with Gasteiger partial charge in [-0.3, -0.25) is 19.2 Å². The van der Waals surface area contributed by atoms with Crippen LogP contribution in [0.1, 0.15) is 44.6 Å². The second kappa shape index (κ2) is 15.5. The van der Waals surface area contributed by atoms with Gasteiger partial charge in [0.25, 0.3) is 0 Å². The van der Waals surface area contributed by atoms with E-state index in [-0.39, 0.29) is 19.3 Å². The molecule has 5 atom stereocenters. The Labute approximate surface area is 231 Å². The van der Waals surface area contributed by atoms with Gasteiger partial charge in [0.1, 0.15) is 18.1 Å². The number of hydrogen-bond acceptors (Lipinski definition) is 8. The Morgan fingerprint density at radius 1 is 0.950 bits per heavy atom. The zero-order valence-electron chi connectivity index (χ0n) is 22.4. The van der Waals surface area contributed by atoms with Crippen molar-refractivity contribution >= 4 is 40.5 Å². The number of nitrogens with two attached hydrogens (primary N) is 3. The minimum Gasteiger partial charge on any atom is -0.480 e. The summed E-state index contributed by atoms with van der Waals surface area (Å²) in [6.07, 6.45) is 1.32. The van der Waals surface area contributed by atoms with Crippen LogP contribution >= 0.6 is 0 Å². The second-order valence-electron chi connectivity index (χ2n) is 9.65. The van der Waals surface area contributed by atoms with Crippen LogP contribution in [-0.4, -0.2) is 81.6 Å². The molecule has 0 radical (unpaired) electrons. The molecule has 220 valence electrons. The minimum atomic E-state index is -1.45. The Morgan fingerprint density at radius 3 is 2.25 bits per heavy atom. The van der Waals surface area contributed by atoms with Crippen LogP contribution in [0, 0.1) is 0 Å². The maximum atomic E-state index is 13.3. The number of unbranched alkanes of at least 4 members (excludes halogenated alkanes) is 1. The van der Waals surface area contributed by atoms with E-state index in [0.29, 0.717) is 31.4 Å². The molecule has 1 aromatic heterocycles. The first-order chi connectivity index (χ1) is 18.9. The van der Waals surface area contributed by atoms with E-state index in [1.54, 1.807) is 12.3 Å². The van der Waals surface area contributed by atoms with Gasteiger partial charge in [-0.15, -0.1) is 0 Å². The Hall–Kier alpha value is -4.01. The fourth-order valence-corrected chi connectivity index (χ4v) is 4.11. The number of amides is 4. The first kappa shape index (κ1) is 32.2. The lowest BCUT2D eigenvalue weighted by Gasteiger charge is -2.26. The number of carboxylic acid groups (broad SMARTS) is 1. The highest BCUT2D eigenvalue weighted by atomic mass is 16.4. The van der Waals surface area contributed by atoms with Crippen molar-refractivity contribution in [3.05, 3.63) is 36.0 Å². The number of benzene rings is 1. The lowest BCUT2D eigenvalue weighted by Crippen LogP contribution is -2.60. The molecule has 0 spiro atoms. The second-order valence-corrected chi connectivity index (χ2v) is 9.65. The van der Waals surface area contributed by atoms with E-state index in [1.807, 2.05) is 18.2 Å². The molecule has 0 aliphatic rings. The number of fused-ring (bicyclic) bond motifs is 1. The van der Waals surface area contributed by atoms with Gasteiger partial charge < -0.3 is 48.3 Å². The average Bonchev–Trinajstić information content (AvgIpc) is 3.31. The fourth-order valence-electron chi connectivity index (χ4n) is 4.11. The number of rotatable bonds is 17. The molecule has 2 rings (SSSR count). The maximum absolute atomic E-state index is 13.3. The molecule has 5 unspecified atom stereocenters. The van der Waals surface area contributed by atoms with Crippen molar-refractivity contribution in [1.82, 2.24) is 20.9 Å². The quantitative estimate of drug-likeness (QED) is 0.100. The van der Waals surface area contributed by atoms with Crippen LogP contribution in [-0.2, 0) is 30.4 Å². The van der Waals surface area contributed by atoms with E-state index in [0.717, 1.165) is 10.9 Å². The largest absolute Gasteiger partial charge is 0.480 e. The Kier molecular flexibility index (Phi) is 12.5. The fraction of sp³-hybridized carbons (Fsp3) is 0.500. The standard InChI is InChI=1S/C26H39N7O7/c1-14(34)22(33-23(36)17(28)7-4-5-11-27)25(38)32-20(12-15-13-30-18-8-3-2-6-16(15)18)24(37)31-19(26(39)40)9-10-21(29)35/h2-3,6,8,13-14,17,19-20,22,30,34H,4-5,7,9-12,27-28H2,1H3,(H2,29,35)(H,31,37)(H,32,38)(H,33,36)(H,39,40). The first-order valence-corrected chi connectivity index (χ1v) is 13.1. The predicted octanol–water partition coefficient (Wildman–Crippen LogP) is -1.65. The summed E-state index contributed by atoms with van der Waals surface area (Å²) in [6.45, 7) is 1.74. The third-order valence-corrected chi connectivity index (χ3v) is 6.39. The molecule has 14 nitrogen and oxygen atoms in total.